The highest BCUT2D eigenvalue weighted by Crippen LogP contribution is 2.30. The second-order valence-corrected chi connectivity index (χ2v) is 5.26. The van der Waals surface area contributed by atoms with Crippen molar-refractivity contribution in [1.82, 2.24) is 9.97 Å². The smallest absolute Gasteiger partial charge is 0.137 e. The summed E-state index contributed by atoms with van der Waals surface area (Å²) >= 11 is 7.20. The summed E-state index contributed by atoms with van der Waals surface area (Å²) in [6, 6.07) is 0. The molecule has 88 valence electrons. The van der Waals surface area contributed by atoms with Crippen molar-refractivity contribution in [2.75, 3.05) is 7.11 Å². The van der Waals surface area contributed by atoms with Crippen LogP contribution in [0.2, 0.25) is 0 Å². The van der Waals surface area contributed by atoms with Crippen molar-refractivity contribution < 1.29 is 4.74 Å². The predicted molar refractivity (Wildman–Crippen MR) is 69.1 cm³/mol. The molecule has 1 aromatic heterocycles. The molecule has 1 aliphatic heterocycles. The Morgan fingerprint density at radius 1 is 1.56 bits per heavy atom. The third kappa shape index (κ3) is 2.31. The van der Waals surface area contributed by atoms with E-state index < -0.39 is 0 Å². The van der Waals surface area contributed by atoms with Gasteiger partial charge in [0.15, 0.2) is 0 Å². The maximum atomic E-state index is 5.44. The van der Waals surface area contributed by atoms with Gasteiger partial charge in [-0.3, -0.25) is 0 Å². The number of rotatable bonds is 4. The Kier molecular flexibility index (Phi) is 4.00. The van der Waals surface area contributed by atoms with Crippen molar-refractivity contribution in [1.29, 1.82) is 0 Å². The molecule has 0 fully saturated rings. The van der Waals surface area contributed by atoms with Crippen molar-refractivity contribution >= 4 is 24.0 Å². The van der Waals surface area contributed by atoms with E-state index in [1.165, 1.54) is 11.3 Å². The average molecular weight is 256 g/mol. The van der Waals surface area contributed by atoms with Gasteiger partial charge in [-0.2, -0.15) is 11.8 Å². The minimum Gasteiger partial charge on any atom is -0.374 e. The standard InChI is InChI=1S/C11H16N2OS2/c1-3-4-9(14-2)10-12-8-6-16-5-7(8)11(15)13-10/h9H,3-6H2,1-2H3,(H,12,13,15). The number of methoxy groups -OCH3 is 1. The molecule has 2 rings (SSSR count). The van der Waals surface area contributed by atoms with E-state index in [1.54, 1.807) is 7.11 Å². The van der Waals surface area contributed by atoms with Gasteiger partial charge in [0.25, 0.3) is 0 Å². The van der Waals surface area contributed by atoms with Gasteiger partial charge in [0, 0.05) is 29.9 Å². The Bertz CT molecular complexity index is 430. The first-order valence-corrected chi connectivity index (χ1v) is 7.05. The van der Waals surface area contributed by atoms with Gasteiger partial charge in [-0.1, -0.05) is 25.6 Å². The summed E-state index contributed by atoms with van der Waals surface area (Å²) in [5.41, 5.74) is 2.44. The molecule has 0 saturated carbocycles. The van der Waals surface area contributed by atoms with Crippen LogP contribution in [-0.4, -0.2) is 17.1 Å². The molecule has 0 amide bonds. The highest BCUT2D eigenvalue weighted by Gasteiger charge is 2.19. The molecule has 0 saturated heterocycles. The van der Waals surface area contributed by atoms with Gasteiger partial charge in [0.05, 0.1) is 0 Å². The molecule has 0 bridgehead atoms. The number of thioether (sulfide) groups is 1. The zero-order valence-electron chi connectivity index (χ0n) is 9.58. The molecular weight excluding hydrogens is 240 g/mol. The van der Waals surface area contributed by atoms with Crippen molar-refractivity contribution in [3.05, 3.63) is 21.7 Å². The number of nitrogens with zero attached hydrogens (tertiary/aromatic N) is 1. The summed E-state index contributed by atoms with van der Waals surface area (Å²) in [5, 5.41) is 0. The summed E-state index contributed by atoms with van der Waals surface area (Å²) in [6.07, 6.45) is 2.09. The van der Waals surface area contributed by atoms with Gasteiger partial charge in [0.2, 0.25) is 0 Å². The second-order valence-electron chi connectivity index (χ2n) is 3.89. The number of nitrogens with one attached hydrogen (secondary N) is 1. The van der Waals surface area contributed by atoms with Crippen LogP contribution in [0.3, 0.4) is 0 Å². The molecule has 1 aromatic rings. The largest absolute Gasteiger partial charge is 0.374 e. The van der Waals surface area contributed by atoms with Crippen LogP contribution in [0.25, 0.3) is 0 Å². The number of H-pyrrole nitrogens is 1. The third-order valence-electron chi connectivity index (χ3n) is 2.76. The molecule has 0 aromatic carbocycles. The van der Waals surface area contributed by atoms with Gasteiger partial charge in [-0.05, 0) is 6.42 Å². The monoisotopic (exact) mass is 256 g/mol. The minimum absolute atomic E-state index is 0.0441. The Balaban J connectivity index is 2.35. The second kappa shape index (κ2) is 5.29. The average Bonchev–Trinajstić information content (AvgIpc) is 2.74. The van der Waals surface area contributed by atoms with E-state index in [0.717, 1.165) is 34.8 Å². The van der Waals surface area contributed by atoms with Crippen LogP contribution in [0.1, 0.15) is 43.0 Å². The van der Waals surface area contributed by atoms with Crippen molar-refractivity contribution in [3.63, 3.8) is 0 Å². The summed E-state index contributed by atoms with van der Waals surface area (Å²) < 4.78 is 6.19. The zero-order valence-corrected chi connectivity index (χ0v) is 11.2. The Morgan fingerprint density at radius 3 is 3.06 bits per heavy atom. The van der Waals surface area contributed by atoms with Crippen molar-refractivity contribution in [3.8, 4) is 0 Å². The highest BCUT2D eigenvalue weighted by molar-refractivity contribution is 7.98. The molecule has 16 heavy (non-hydrogen) atoms. The molecule has 1 aliphatic rings. The van der Waals surface area contributed by atoms with Crippen LogP contribution >= 0.6 is 24.0 Å². The molecule has 0 aliphatic carbocycles. The summed E-state index contributed by atoms with van der Waals surface area (Å²) in [5.74, 6) is 2.89. The maximum absolute atomic E-state index is 5.44. The first-order chi connectivity index (χ1) is 7.76. The van der Waals surface area contributed by atoms with E-state index in [4.69, 9.17) is 17.0 Å². The Labute approximate surface area is 105 Å². The lowest BCUT2D eigenvalue weighted by Gasteiger charge is -2.14. The molecular formula is C11H16N2OS2. The molecule has 5 heteroatoms. The topological polar surface area (TPSA) is 37.9 Å². The van der Waals surface area contributed by atoms with Gasteiger partial charge in [-0.25, -0.2) is 4.98 Å². The number of aromatic amines is 1. The van der Waals surface area contributed by atoms with Crippen LogP contribution in [0.4, 0.5) is 0 Å². The first kappa shape index (κ1) is 12.1. The highest BCUT2D eigenvalue weighted by atomic mass is 32.2. The Morgan fingerprint density at radius 2 is 2.38 bits per heavy atom. The van der Waals surface area contributed by atoms with Crippen molar-refractivity contribution in [2.45, 2.75) is 37.4 Å². The lowest BCUT2D eigenvalue weighted by atomic mass is 10.2. The molecule has 3 nitrogen and oxygen atoms in total. The normalized spacial score (nSPS) is 16.1. The van der Waals surface area contributed by atoms with E-state index in [9.17, 15) is 0 Å². The fourth-order valence-electron chi connectivity index (χ4n) is 1.87. The number of ether oxygens (including phenoxy) is 1. The zero-order chi connectivity index (χ0) is 11.5. The van der Waals surface area contributed by atoms with Crippen LogP contribution in [0.5, 0.6) is 0 Å². The predicted octanol–water partition coefficient (Wildman–Crippen LogP) is 3.37. The minimum atomic E-state index is 0.0441. The van der Waals surface area contributed by atoms with E-state index in [-0.39, 0.29) is 6.10 Å². The molecule has 2 heterocycles. The summed E-state index contributed by atoms with van der Waals surface area (Å²) in [6.45, 7) is 2.14. The number of hydrogen-bond donors (Lipinski definition) is 1. The van der Waals surface area contributed by atoms with E-state index in [1.807, 2.05) is 11.8 Å². The Hall–Kier alpha value is -0.390. The quantitative estimate of drug-likeness (QED) is 0.838. The SMILES string of the molecule is CCCC(OC)c1nc(=S)c2c([nH]1)CSC2. The number of aromatic nitrogens is 2. The third-order valence-corrected chi connectivity index (χ3v) is 4.08. The lowest BCUT2D eigenvalue weighted by molar-refractivity contribution is 0.0873. The van der Waals surface area contributed by atoms with E-state index in [2.05, 4.69) is 16.9 Å². The first-order valence-electron chi connectivity index (χ1n) is 5.48. The van der Waals surface area contributed by atoms with E-state index in [0.29, 0.717) is 0 Å². The molecule has 0 spiro atoms. The molecule has 1 atom stereocenters. The molecule has 1 unspecified atom stereocenters. The van der Waals surface area contributed by atoms with Crippen LogP contribution in [0, 0.1) is 4.64 Å². The number of fused-ring (bicyclic) bond motifs is 1. The fourth-order valence-corrected chi connectivity index (χ4v) is 3.32. The lowest BCUT2D eigenvalue weighted by Crippen LogP contribution is -2.09. The fraction of sp³-hybridized carbons (Fsp3) is 0.636. The molecule has 0 radical (unpaired) electrons. The molecule has 1 N–H and O–H groups in total. The van der Waals surface area contributed by atoms with Crippen LogP contribution < -0.4 is 0 Å². The van der Waals surface area contributed by atoms with Gasteiger partial charge < -0.3 is 9.72 Å². The number of hydrogen-bond acceptors (Lipinski definition) is 4. The van der Waals surface area contributed by atoms with Crippen LogP contribution in [-0.2, 0) is 16.2 Å². The van der Waals surface area contributed by atoms with Gasteiger partial charge in [-0.15, -0.1) is 0 Å². The van der Waals surface area contributed by atoms with E-state index >= 15 is 0 Å². The van der Waals surface area contributed by atoms with Gasteiger partial charge in [0.1, 0.15) is 16.6 Å². The maximum Gasteiger partial charge on any atom is 0.137 e. The van der Waals surface area contributed by atoms with Gasteiger partial charge >= 0.3 is 0 Å². The van der Waals surface area contributed by atoms with Crippen LogP contribution in [0.15, 0.2) is 0 Å². The van der Waals surface area contributed by atoms with Crippen molar-refractivity contribution in [2.24, 2.45) is 0 Å². The summed E-state index contributed by atoms with van der Waals surface area (Å²) in [7, 11) is 1.72. The summed E-state index contributed by atoms with van der Waals surface area (Å²) in [4.78, 5) is 7.83.